The fraction of sp³-hybridized carbons (Fsp3) is 0.0857. The summed E-state index contributed by atoms with van der Waals surface area (Å²) in [5.74, 6) is 0.904. The number of carbonyl (C=O) groups excluding carboxylic acids is 4. The Morgan fingerprint density at radius 3 is 1.21 bits per heavy atom. The average Bonchev–Trinajstić information content (AvgIpc) is 3.54. The molecule has 0 fully saturated rings. The van der Waals surface area contributed by atoms with E-state index in [1.54, 1.807) is 48.5 Å². The van der Waals surface area contributed by atoms with Gasteiger partial charge >= 0.3 is 0 Å². The first-order valence-corrected chi connectivity index (χ1v) is 13.8. The third-order valence-corrected chi connectivity index (χ3v) is 7.26. The van der Waals surface area contributed by atoms with Gasteiger partial charge in [0, 0.05) is 41.3 Å². The van der Waals surface area contributed by atoms with Crippen LogP contribution < -0.4 is 19.3 Å². The van der Waals surface area contributed by atoms with Gasteiger partial charge in [-0.25, -0.2) is 9.80 Å². The number of benzene rings is 4. The Morgan fingerprint density at radius 1 is 0.512 bits per heavy atom. The third-order valence-electron chi connectivity index (χ3n) is 7.26. The summed E-state index contributed by atoms with van der Waals surface area (Å²) in [7, 11) is 0. The summed E-state index contributed by atoms with van der Waals surface area (Å²) in [5.41, 5.74) is 2.88. The number of hydrogen-bond acceptors (Lipinski definition) is 6. The summed E-state index contributed by atoms with van der Waals surface area (Å²) in [4.78, 5) is 50.3. The molecule has 4 aromatic carbocycles. The van der Waals surface area contributed by atoms with E-state index in [-0.39, 0.29) is 29.5 Å². The second-order valence-corrected chi connectivity index (χ2v) is 9.92. The zero-order chi connectivity index (χ0) is 29.9. The summed E-state index contributed by atoms with van der Waals surface area (Å²) in [6.07, 6.45) is 5.77. The first-order valence-electron chi connectivity index (χ1n) is 13.8. The van der Waals surface area contributed by atoms with Gasteiger partial charge in [-0.05, 0) is 67.1 Å². The molecular weight excluding hydrogens is 544 g/mol. The zero-order valence-electron chi connectivity index (χ0n) is 23.2. The van der Waals surface area contributed by atoms with Crippen LogP contribution in [0, 0.1) is 0 Å². The Kier molecular flexibility index (Phi) is 7.41. The van der Waals surface area contributed by atoms with Crippen LogP contribution in [0.4, 0.5) is 11.4 Å². The number of nitrogens with zero attached hydrogens (tertiary/aromatic N) is 2. The highest BCUT2D eigenvalue weighted by atomic mass is 16.5. The number of hydrogen-bond donors (Lipinski definition) is 0. The van der Waals surface area contributed by atoms with E-state index in [2.05, 4.69) is 6.92 Å². The first kappa shape index (κ1) is 27.4. The Morgan fingerprint density at radius 2 is 0.860 bits per heavy atom. The minimum absolute atomic E-state index is 0.0669. The van der Waals surface area contributed by atoms with Crippen molar-refractivity contribution < 1.29 is 28.7 Å². The van der Waals surface area contributed by atoms with Crippen LogP contribution in [0.5, 0.6) is 23.0 Å². The van der Waals surface area contributed by atoms with E-state index in [9.17, 15) is 19.2 Å². The van der Waals surface area contributed by atoms with Crippen molar-refractivity contribution in [3.8, 4) is 23.0 Å². The van der Waals surface area contributed by atoms with Gasteiger partial charge in [-0.15, -0.1) is 0 Å². The third kappa shape index (κ3) is 5.46. The standard InChI is InChI=1S/C35H26N2O6/c1-2-27(28-7-3-5-9-30(28)42-25-15-11-23(12-16-25)36-32(38)19-20-33(36)39)29-8-4-6-10-31(29)43-26-17-13-24(14-18-26)37-34(40)21-22-35(37)41/h3-22,27H,2H2,1H3. The van der Waals surface area contributed by atoms with Crippen LogP contribution in [-0.2, 0) is 19.2 Å². The molecule has 0 N–H and O–H groups in total. The van der Waals surface area contributed by atoms with Gasteiger partial charge < -0.3 is 9.47 Å². The Labute approximate surface area is 248 Å². The Bertz CT molecular complexity index is 1620. The smallest absolute Gasteiger partial charge is 0.258 e. The summed E-state index contributed by atoms with van der Waals surface area (Å²) in [5, 5.41) is 0. The van der Waals surface area contributed by atoms with Crippen molar-refractivity contribution in [1.29, 1.82) is 0 Å². The van der Waals surface area contributed by atoms with Crippen LogP contribution in [0.2, 0.25) is 0 Å². The molecule has 0 spiro atoms. The number of carbonyl (C=O) groups is 4. The van der Waals surface area contributed by atoms with Crippen LogP contribution in [-0.4, -0.2) is 23.6 Å². The minimum atomic E-state index is -0.374. The van der Waals surface area contributed by atoms with Crippen molar-refractivity contribution >= 4 is 35.0 Å². The molecule has 0 saturated heterocycles. The van der Waals surface area contributed by atoms with Crippen molar-refractivity contribution in [2.24, 2.45) is 0 Å². The molecule has 0 bridgehead atoms. The molecule has 8 heteroatoms. The fourth-order valence-corrected chi connectivity index (χ4v) is 5.22. The largest absolute Gasteiger partial charge is 0.457 e. The van der Waals surface area contributed by atoms with Gasteiger partial charge in [0.25, 0.3) is 23.6 Å². The quantitative estimate of drug-likeness (QED) is 0.209. The van der Waals surface area contributed by atoms with Gasteiger partial charge in [0.2, 0.25) is 0 Å². The maximum atomic E-state index is 12.0. The van der Waals surface area contributed by atoms with Crippen molar-refractivity contribution in [2.45, 2.75) is 19.3 Å². The normalized spacial score (nSPS) is 14.4. The lowest BCUT2D eigenvalue weighted by molar-refractivity contribution is -0.121. The molecule has 0 radical (unpaired) electrons. The van der Waals surface area contributed by atoms with Gasteiger partial charge in [-0.1, -0.05) is 43.3 Å². The van der Waals surface area contributed by atoms with Gasteiger partial charge in [0.15, 0.2) is 0 Å². The van der Waals surface area contributed by atoms with Crippen LogP contribution in [0.15, 0.2) is 121 Å². The molecular formula is C35H26N2O6. The van der Waals surface area contributed by atoms with Gasteiger partial charge in [-0.3, -0.25) is 19.2 Å². The van der Waals surface area contributed by atoms with E-state index < -0.39 is 0 Å². The number of imide groups is 2. The molecule has 2 aliphatic rings. The molecule has 8 nitrogen and oxygen atoms in total. The topological polar surface area (TPSA) is 93.2 Å². The molecule has 6 rings (SSSR count). The molecule has 0 aromatic heterocycles. The van der Waals surface area contributed by atoms with Crippen LogP contribution in [0.3, 0.4) is 0 Å². The molecule has 4 aromatic rings. The molecule has 0 atom stereocenters. The number of rotatable bonds is 9. The van der Waals surface area contributed by atoms with Gasteiger partial charge in [0.05, 0.1) is 11.4 Å². The molecule has 2 heterocycles. The van der Waals surface area contributed by atoms with E-state index in [4.69, 9.17) is 9.47 Å². The predicted molar refractivity (Wildman–Crippen MR) is 161 cm³/mol. The fourth-order valence-electron chi connectivity index (χ4n) is 5.22. The lowest BCUT2D eigenvalue weighted by Gasteiger charge is -2.22. The van der Waals surface area contributed by atoms with E-state index in [0.29, 0.717) is 34.4 Å². The molecule has 4 amide bonds. The molecule has 212 valence electrons. The maximum absolute atomic E-state index is 12.0. The number of anilines is 2. The number of ether oxygens (including phenoxy) is 2. The molecule has 0 saturated carbocycles. The second kappa shape index (κ2) is 11.6. The molecule has 0 aliphatic carbocycles. The highest BCUT2D eigenvalue weighted by Crippen LogP contribution is 2.41. The van der Waals surface area contributed by atoms with E-state index in [0.717, 1.165) is 27.3 Å². The lowest BCUT2D eigenvalue weighted by atomic mass is 9.88. The first-order chi connectivity index (χ1) is 20.9. The van der Waals surface area contributed by atoms with Crippen molar-refractivity contribution in [3.63, 3.8) is 0 Å². The molecule has 2 aliphatic heterocycles. The summed E-state index contributed by atoms with van der Waals surface area (Å²) in [6, 6.07) is 29.2. The second-order valence-electron chi connectivity index (χ2n) is 9.92. The average molecular weight is 571 g/mol. The summed E-state index contributed by atoms with van der Waals surface area (Å²) in [6.45, 7) is 2.10. The number of para-hydroxylation sites is 2. The van der Waals surface area contributed by atoms with Crippen LogP contribution >= 0.6 is 0 Å². The predicted octanol–water partition coefficient (Wildman–Crippen LogP) is 6.67. The van der Waals surface area contributed by atoms with Gasteiger partial charge in [-0.2, -0.15) is 0 Å². The SMILES string of the molecule is CCC(c1ccccc1Oc1ccc(N2C(=O)C=CC2=O)cc1)c1ccccc1Oc1ccc(N2C(=O)C=CC2=O)cc1. The van der Waals surface area contributed by atoms with Crippen LogP contribution in [0.1, 0.15) is 30.4 Å². The van der Waals surface area contributed by atoms with Gasteiger partial charge in [0.1, 0.15) is 23.0 Å². The summed E-state index contributed by atoms with van der Waals surface area (Å²) < 4.78 is 12.6. The van der Waals surface area contributed by atoms with E-state index in [1.807, 2.05) is 48.5 Å². The molecule has 0 unspecified atom stereocenters. The lowest BCUT2D eigenvalue weighted by Crippen LogP contribution is -2.29. The maximum Gasteiger partial charge on any atom is 0.258 e. The monoisotopic (exact) mass is 570 g/mol. The highest BCUT2D eigenvalue weighted by molar-refractivity contribution is 6.28. The Hall–Kier alpha value is -5.76. The highest BCUT2D eigenvalue weighted by Gasteiger charge is 2.26. The van der Waals surface area contributed by atoms with Crippen molar-refractivity contribution in [3.05, 3.63) is 132 Å². The van der Waals surface area contributed by atoms with E-state index >= 15 is 0 Å². The minimum Gasteiger partial charge on any atom is -0.457 e. The zero-order valence-corrected chi connectivity index (χ0v) is 23.2. The van der Waals surface area contributed by atoms with Crippen molar-refractivity contribution in [1.82, 2.24) is 0 Å². The number of amides is 4. The van der Waals surface area contributed by atoms with Crippen LogP contribution in [0.25, 0.3) is 0 Å². The van der Waals surface area contributed by atoms with E-state index in [1.165, 1.54) is 24.3 Å². The van der Waals surface area contributed by atoms with Crippen molar-refractivity contribution in [2.75, 3.05) is 9.80 Å². The Balaban J connectivity index is 1.24. The summed E-state index contributed by atoms with van der Waals surface area (Å²) >= 11 is 0. The molecule has 43 heavy (non-hydrogen) atoms.